The smallest absolute Gasteiger partial charge is 0.0164 e. The molecule has 1 aliphatic rings. The van der Waals surface area contributed by atoms with Crippen molar-refractivity contribution in [1.82, 2.24) is 21.3 Å². The van der Waals surface area contributed by atoms with Gasteiger partial charge in [0.25, 0.3) is 0 Å². The van der Waals surface area contributed by atoms with Gasteiger partial charge in [-0.15, -0.1) is 0 Å². The summed E-state index contributed by atoms with van der Waals surface area (Å²) < 4.78 is 0. The largest absolute Gasteiger partial charge is 0.314 e. The van der Waals surface area contributed by atoms with Crippen molar-refractivity contribution in [3.8, 4) is 0 Å². The molecule has 1 fully saturated rings. The highest BCUT2D eigenvalue weighted by molar-refractivity contribution is 4.74. The van der Waals surface area contributed by atoms with Gasteiger partial charge in [-0.05, 0) is 20.8 Å². The Labute approximate surface area is 93.6 Å². The molecule has 3 unspecified atom stereocenters. The Morgan fingerprint density at radius 1 is 0.667 bits per heavy atom. The van der Waals surface area contributed by atoms with E-state index in [0.717, 1.165) is 32.7 Å². The quantitative estimate of drug-likeness (QED) is 0.440. The Kier molecular flexibility index (Phi) is 6.17. The lowest BCUT2D eigenvalue weighted by Gasteiger charge is -2.23. The second-order valence-electron chi connectivity index (χ2n) is 4.68. The van der Waals surface area contributed by atoms with Gasteiger partial charge >= 0.3 is 0 Å². The Balaban J connectivity index is 2.30. The van der Waals surface area contributed by atoms with Crippen LogP contribution < -0.4 is 21.3 Å². The first kappa shape index (κ1) is 12.9. The summed E-state index contributed by atoms with van der Waals surface area (Å²) in [7, 11) is 0. The van der Waals surface area contributed by atoms with Crippen LogP contribution in [0.2, 0.25) is 0 Å². The predicted octanol–water partition coefficient (Wildman–Crippen LogP) is -0.476. The highest BCUT2D eigenvalue weighted by Gasteiger charge is 2.08. The van der Waals surface area contributed by atoms with Gasteiger partial charge in [-0.3, -0.25) is 0 Å². The number of hydrogen-bond donors (Lipinski definition) is 4. The topological polar surface area (TPSA) is 48.1 Å². The van der Waals surface area contributed by atoms with E-state index in [1.165, 1.54) is 0 Å². The van der Waals surface area contributed by atoms with Crippen molar-refractivity contribution < 1.29 is 0 Å². The lowest BCUT2D eigenvalue weighted by molar-refractivity contribution is 0.402. The monoisotopic (exact) mass is 214 g/mol. The highest BCUT2D eigenvalue weighted by atomic mass is 15.1. The highest BCUT2D eigenvalue weighted by Crippen LogP contribution is 1.86. The summed E-state index contributed by atoms with van der Waals surface area (Å²) in [6.07, 6.45) is 0. The van der Waals surface area contributed by atoms with Crippen molar-refractivity contribution in [2.45, 2.75) is 38.9 Å². The minimum atomic E-state index is 0.538. The van der Waals surface area contributed by atoms with Crippen molar-refractivity contribution in [2.75, 3.05) is 32.7 Å². The lowest BCUT2D eigenvalue weighted by atomic mass is 10.2. The fourth-order valence-electron chi connectivity index (χ4n) is 1.70. The fraction of sp³-hybridized carbons (Fsp3) is 1.00. The van der Waals surface area contributed by atoms with Gasteiger partial charge in [-0.2, -0.15) is 0 Å². The van der Waals surface area contributed by atoms with Crippen LogP contribution in [0, 0.1) is 0 Å². The molecule has 0 aromatic carbocycles. The lowest BCUT2D eigenvalue weighted by Crippen LogP contribution is -2.49. The molecule has 1 heterocycles. The molecule has 0 bridgehead atoms. The van der Waals surface area contributed by atoms with Gasteiger partial charge in [0.2, 0.25) is 0 Å². The van der Waals surface area contributed by atoms with Crippen LogP contribution in [0.3, 0.4) is 0 Å². The van der Waals surface area contributed by atoms with Crippen molar-refractivity contribution >= 4 is 0 Å². The molecule has 0 amide bonds. The third-order valence-electron chi connectivity index (χ3n) is 2.79. The van der Waals surface area contributed by atoms with E-state index in [1.54, 1.807) is 0 Å². The van der Waals surface area contributed by atoms with E-state index < -0.39 is 0 Å². The molecule has 0 saturated carbocycles. The molecule has 3 atom stereocenters. The maximum Gasteiger partial charge on any atom is 0.0164 e. The Morgan fingerprint density at radius 2 is 1.20 bits per heavy atom. The molecule has 15 heavy (non-hydrogen) atoms. The molecular weight excluding hydrogens is 188 g/mol. The van der Waals surface area contributed by atoms with Crippen LogP contribution in [0.4, 0.5) is 0 Å². The molecule has 4 heteroatoms. The van der Waals surface area contributed by atoms with Crippen LogP contribution in [0.15, 0.2) is 0 Å². The van der Waals surface area contributed by atoms with Gasteiger partial charge in [-0.25, -0.2) is 0 Å². The normalized spacial score (nSPS) is 36.6. The molecule has 0 aromatic heterocycles. The summed E-state index contributed by atoms with van der Waals surface area (Å²) in [5, 5.41) is 14.0. The van der Waals surface area contributed by atoms with E-state index in [-0.39, 0.29) is 0 Å². The minimum Gasteiger partial charge on any atom is -0.314 e. The van der Waals surface area contributed by atoms with Crippen LogP contribution in [0.5, 0.6) is 0 Å². The summed E-state index contributed by atoms with van der Waals surface area (Å²) in [5.74, 6) is 0. The van der Waals surface area contributed by atoms with Crippen LogP contribution in [0.1, 0.15) is 20.8 Å². The van der Waals surface area contributed by atoms with Crippen molar-refractivity contribution in [1.29, 1.82) is 0 Å². The Bertz CT molecular complexity index is 147. The third kappa shape index (κ3) is 6.10. The van der Waals surface area contributed by atoms with Crippen LogP contribution >= 0.6 is 0 Å². The van der Waals surface area contributed by atoms with E-state index in [4.69, 9.17) is 0 Å². The summed E-state index contributed by atoms with van der Waals surface area (Å²) in [6, 6.07) is 1.63. The van der Waals surface area contributed by atoms with Crippen molar-refractivity contribution in [2.24, 2.45) is 0 Å². The van der Waals surface area contributed by atoms with Gasteiger partial charge in [0.05, 0.1) is 0 Å². The zero-order valence-electron chi connectivity index (χ0n) is 10.3. The first-order chi connectivity index (χ1) is 7.18. The molecule has 1 rings (SSSR count). The third-order valence-corrected chi connectivity index (χ3v) is 2.79. The first-order valence-electron chi connectivity index (χ1n) is 6.09. The van der Waals surface area contributed by atoms with Crippen molar-refractivity contribution in [3.63, 3.8) is 0 Å². The summed E-state index contributed by atoms with van der Waals surface area (Å²) >= 11 is 0. The van der Waals surface area contributed by atoms with E-state index in [1.807, 2.05) is 0 Å². The van der Waals surface area contributed by atoms with E-state index in [2.05, 4.69) is 42.0 Å². The van der Waals surface area contributed by atoms with Crippen LogP contribution in [-0.2, 0) is 0 Å². The van der Waals surface area contributed by atoms with Crippen LogP contribution in [0.25, 0.3) is 0 Å². The van der Waals surface area contributed by atoms with Gasteiger partial charge in [0, 0.05) is 50.8 Å². The minimum absolute atomic E-state index is 0.538. The second-order valence-corrected chi connectivity index (χ2v) is 4.68. The summed E-state index contributed by atoms with van der Waals surface area (Å²) in [5.41, 5.74) is 0. The van der Waals surface area contributed by atoms with Gasteiger partial charge in [0.1, 0.15) is 0 Å². The standard InChI is InChI=1S/C11H26N4/c1-9-6-12-4-5-13-10(2)7-15-11(3)8-14-9/h9-15H,4-8H2,1-3H3. The SMILES string of the molecule is CC1CNCCNC(C)CNC(C)CN1. The maximum atomic E-state index is 3.53. The second kappa shape index (κ2) is 7.17. The zero-order valence-corrected chi connectivity index (χ0v) is 10.3. The molecule has 0 radical (unpaired) electrons. The molecule has 0 spiro atoms. The fourth-order valence-corrected chi connectivity index (χ4v) is 1.70. The average Bonchev–Trinajstić information content (AvgIpc) is 2.21. The summed E-state index contributed by atoms with van der Waals surface area (Å²) in [6.45, 7) is 11.9. The molecular formula is C11H26N4. The molecule has 0 aliphatic carbocycles. The Morgan fingerprint density at radius 3 is 1.87 bits per heavy atom. The zero-order chi connectivity index (χ0) is 11.1. The van der Waals surface area contributed by atoms with Crippen molar-refractivity contribution in [3.05, 3.63) is 0 Å². The number of hydrogen-bond acceptors (Lipinski definition) is 4. The van der Waals surface area contributed by atoms with Gasteiger partial charge in [0.15, 0.2) is 0 Å². The van der Waals surface area contributed by atoms with Gasteiger partial charge < -0.3 is 21.3 Å². The van der Waals surface area contributed by atoms with E-state index in [9.17, 15) is 0 Å². The summed E-state index contributed by atoms with van der Waals surface area (Å²) in [4.78, 5) is 0. The van der Waals surface area contributed by atoms with Crippen LogP contribution in [-0.4, -0.2) is 50.8 Å². The predicted molar refractivity (Wildman–Crippen MR) is 65.3 cm³/mol. The van der Waals surface area contributed by atoms with E-state index >= 15 is 0 Å². The number of nitrogens with one attached hydrogen (secondary N) is 4. The molecule has 1 saturated heterocycles. The average molecular weight is 214 g/mol. The number of rotatable bonds is 0. The Hall–Kier alpha value is -0.160. The maximum absolute atomic E-state index is 3.53. The molecule has 4 nitrogen and oxygen atoms in total. The first-order valence-corrected chi connectivity index (χ1v) is 6.09. The molecule has 0 aromatic rings. The van der Waals surface area contributed by atoms with E-state index in [0.29, 0.717) is 18.1 Å². The molecule has 90 valence electrons. The molecule has 4 N–H and O–H groups in total. The molecule has 1 aliphatic heterocycles. The van der Waals surface area contributed by atoms with Gasteiger partial charge in [-0.1, -0.05) is 0 Å².